The zero-order valence-electron chi connectivity index (χ0n) is 25.9. The molecule has 6 rings (SSSR count). The highest BCUT2D eigenvalue weighted by molar-refractivity contribution is 7.51. The second-order valence-corrected chi connectivity index (χ2v) is 13.5. The third-order valence-electron chi connectivity index (χ3n) is 8.59. The topological polar surface area (TPSA) is 227 Å². The van der Waals surface area contributed by atoms with Gasteiger partial charge in [-0.15, -0.1) is 0 Å². The molecule has 5 heterocycles. The van der Waals surface area contributed by atoms with E-state index in [2.05, 4.69) is 19.9 Å². The number of aliphatic hydroxyl groups is 2. The Bertz CT molecular complexity index is 1820. The Hall–Kier alpha value is -3.96. The van der Waals surface area contributed by atoms with Crippen molar-refractivity contribution in [1.29, 1.82) is 0 Å². The Labute approximate surface area is 268 Å². The summed E-state index contributed by atoms with van der Waals surface area (Å²) in [5, 5.41) is 34.4. The van der Waals surface area contributed by atoms with E-state index in [-0.39, 0.29) is 28.7 Å². The number of hydrogen-bond donors (Lipinski definition) is 4. The Balaban J connectivity index is 1.47. The normalized spacial score (nSPS) is 25.6. The Morgan fingerprint density at radius 3 is 2.70 bits per heavy atom. The first-order chi connectivity index (χ1) is 22.5. The minimum Gasteiger partial charge on any atom is -0.481 e. The lowest BCUT2D eigenvalue weighted by Crippen LogP contribution is -2.54. The summed E-state index contributed by atoms with van der Waals surface area (Å²) in [6, 6.07) is 7.33. The number of ether oxygens (including phenoxy) is 3. The molecule has 0 bridgehead atoms. The van der Waals surface area contributed by atoms with Gasteiger partial charge in [0.05, 0.1) is 25.4 Å². The van der Waals surface area contributed by atoms with Crippen molar-refractivity contribution in [2.75, 3.05) is 33.2 Å². The molecule has 0 radical (unpaired) electrons. The third kappa shape index (κ3) is 6.11. The van der Waals surface area contributed by atoms with E-state index in [0.29, 0.717) is 37.0 Å². The van der Waals surface area contributed by atoms with Gasteiger partial charge in [0.25, 0.3) is 0 Å². The number of anilines is 1. The van der Waals surface area contributed by atoms with Gasteiger partial charge in [-0.2, -0.15) is 14.6 Å². The van der Waals surface area contributed by atoms with E-state index in [0.717, 1.165) is 11.8 Å². The lowest BCUT2D eigenvalue weighted by Gasteiger charge is -2.43. The minimum absolute atomic E-state index is 0.0755. The van der Waals surface area contributed by atoms with Crippen LogP contribution < -0.4 is 15.0 Å². The number of nitrogens with zero attached hydrogens (tertiary/aromatic N) is 6. The van der Waals surface area contributed by atoms with E-state index in [4.69, 9.17) is 29.0 Å². The number of rotatable bonds is 11. The number of pyridine rings is 1. The number of nitrogen functional groups attached to an aromatic ring is 1. The summed E-state index contributed by atoms with van der Waals surface area (Å²) in [5.74, 6) is -1.51. The van der Waals surface area contributed by atoms with E-state index < -0.39 is 56.3 Å². The maximum atomic E-state index is 15.0. The maximum Gasteiger partial charge on any atom is 0.463 e. The fourth-order valence-electron chi connectivity index (χ4n) is 6.24. The number of aliphatic carboxylic acids is 1. The number of imidazole rings is 1. The fraction of sp³-hybridized carbons (Fsp3) is 0.483. The van der Waals surface area contributed by atoms with E-state index in [1.165, 1.54) is 24.9 Å². The molecule has 2 aliphatic heterocycles. The Kier molecular flexibility index (Phi) is 9.06. The Morgan fingerprint density at radius 1 is 1.23 bits per heavy atom. The number of aromatic nitrogens is 5. The number of benzene rings is 1. The van der Waals surface area contributed by atoms with Crippen molar-refractivity contribution >= 4 is 41.7 Å². The molecule has 0 spiro atoms. The van der Waals surface area contributed by atoms with E-state index in [1.807, 2.05) is 0 Å². The number of carboxylic acids is 1. The van der Waals surface area contributed by atoms with Gasteiger partial charge in [-0.1, -0.05) is 6.07 Å². The van der Waals surface area contributed by atoms with E-state index in [1.54, 1.807) is 36.5 Å². The lowest BCUT2D eigenvalue weighted by molar-refractivity contribution is -0.143. The largest absolute Gasteiger partial charge is 0.481 e. The molecular formula is C29H36N7O10P. The molecule has 0 amide bonds. The van der Waals surface area contributed by atoms with Gasteiger partial charge < -0.3 is 39.8 Å². The van der Waals surface area contributed by atoms with Crippen LogP contribution in [0.4, 0.5) is 5.95 Å². The Morgan fingerprint density at radius 2 is 2.00 bits per heavy atom. The van der Waals surface area contributed by atoms with E-state index in [9.17, 15) is 20.1 Å². The molecule has 47 heavy (non-hydrogen) atoms. The molecule has 2 fully saturated rings. The summed E-state index contributed by atoms with van der Waals surface area (Å²) in [5.41, 5.74) is 4.82. The van der Waals surface area contributed by atoms with Crippen molar-refractivity contribution in [1.82, 2.24) is 29.2 Å². The van der Waals surface area contributed by atoms with Gasteiger partial charge in [0.2, 0.25) is 11.8 Å². The number of carboxylic acid groups (broad SMARTS) is 1. The van der Waals surface area contributed by atoms with Crippen LogP contribution in [0.2, 0.25) is 0 Å². The number of aliphatic hydroxyl groups excluding tert-OH is 1. The molecule has 3 aromatic heterocycles. The molecule has 6 atom stereocenters. The molecule has 252 valence electrons. The average Bonchev–Trinajstić information content (AvgIpc) is 3.57. The van der Waals surface area contributed by atoms with Crippen molar-refractivity contribution in [3.8, 4) is 11.6 Å². The van der Waals surface area contributed by atoms with Gasteiger partial charge in [-0.25, -0.2) is 9.55 Å². The molecule has 4 aromatic rings. The molecule has 5 N–H and O–H groups in total. The summed E-state index contributed by atoms with van der Waals surface area (Å²) in [4.78, 5) is 29.2. The fourth-order valence-corrected chi connectivity index (χ4v) is 8.07. The number of methoxy groups -OCH3 is 1. The highest BCUT2D eigenvalue weighted by Gasteiger charge is 2.61. The SMILES string of the molecule is COc1nc(N)nc2c1ncn2C1O[C@@H](N(C(CC(=O)O)C2CCOCC2)P(=O)(OC)Oc2ccc3ncccc3c2)[C@@H](O)[C@@]1(C)O. The van der Waals surface area contributed by atoms with Crippen LogP contribution in [0.25, 0.3) is 22.1 Å². The average molecular weight is 674 g/mol. The number of fused-ring (bicyclic) bond motifs is 2. The zero-order valence-corrected chi connectivity index (χ0v) is 26.8. The third-order valence-corrected chi connectivity index (χ3v) is 10.6. The van der Waals surface area contributed by atoms with Crippen LogP contribution >= 0.6 is 7.75 Å². The summed E-state index contributed by atoms with van der Waals surface area (Å²) in [6.45, 7) is 2.00. The zero-order chi connectivity index (χ0) is 33.5. The molecule has 17 nitrogen and oxygen atoms in total. The predicted molar refractivity (Wildman–Crippen MR) is 165 cm³/mol. The second-order valence-electron chi connectivity index (χ2n) is 11.6. The van der Waals surface area contributed by atoms with Crippen molar-refractivity contribution < 1.29 is 47.9 Å². The molecule has 0 saturated carbocycles. The van der Waals surface area contributed by atoms with Crippen LogP contribution in [0, 0.1) is 5.92 Å². The van der Waals surface area contributed by atoms with Crippen molar-refractivity contribution in [3.63, 3.8) is 0 Å². The molecule has 0 aliphatic carbocycles. The maximum absolute atomic E-state index is 15.0. The van der Waals surface area contributed by atoms with Crippen molar-refractivity contribution in [2.45, 2.75) is 56.4 Å². The first kappa shape index (κ1) is 33.0. The van der Waals surface area contributed by atoms with Gasteiger partial charge in [0.1, 0.15) is 17.5 Å². The van der Waals surface area contributed by atoms with Crippen LogP contribution in [0.15, 0.2) is 42.9 Å². The quantitative estimate of drug-likeness (QED) is 0.168. The smallest absolute Gasteiger partial charge is 0.463 e. The molecule has 1 aromatic carbocycles. The van der Waals surface area contributed by atoms with E-state index >= 15 is 4.57 Å². The lowest BCUT2D eigenvalue weighted by atomic mass is 9.89. The summed E-state index contributed by atoms with van der Waals surface area (Å²) in [7, 11) is -2.04. The standard InChI is InChI=1S/C29H36N7O10P/c1-29(40)23(39)26(45-27(29)35-15-32-22-24(35)33-28(30)34-25(22)42-2)36(20(14-21(37)38)16-8-11-44-12-9-16)47(41,43-3)46-18-6-7-19-17(13-18)5-4-10-31-19/h4-7,10,13,15-16,20,23,26-27,39-40H,8-9,11-12,14H2,1-3H3,(H,37,38)(H2,30,33,34)/t20?,23-,26-,27?,29-,47?/m1/s1. The number of carbonyl (C=O) groups is 1. The van der Waals surface area contributed by atoms with Gasteiger partial charge >= 0.3 is 13.7 Å². The highest BCUT2D eigenvalue weighted by atomic mass is 31.2. The molecule has 3 unspecified atom stereocenters. The summed E-state index contributed by atoms with van der Waals surface area (Å²) in [6.07, 6.45) is -1.53. The summed E-state index contributed by atoms with van der Waals surface area (Å²) >= 11 is 0. The van der Waals surface area contributed by atoms with Crippen LogP contribution in [0.3, 0.4) is 0 Å². The van der Waals surface area contributed by atoms with Gasteiger partial charge in [0, 0.05) is 37.9 Å². The first-order valence-electron chi connectivity index (χ1n) is 14.8. The predicted octanol–water partition coefficient (Wildman–Crippen LogP) is 2.34. The number of hydrogen-bond acceptors (Lipinski definition) is 14. The second kappa shape index (κ2) is 12.9. The van der Waals surface area contributed by atoms with Crippen LogP contribution in [-0.4, -0.2) is 102 Å². The van der Waals surface area contributed by atoms with Crippen molar-refractivity contribution in [2.24, 2.45) is 5.92 Å². The molecule has 18 heteroatoms. The monoisotopic (exact) mass is 673 g/mol. The first-order valence-corrected chi connectivity index (χ1v) is 16.3. The van der Waals surface area contributed by atoms with Crippen molar-refractivity contribution in [3.05, 3.63) is 42.9 Å². The van der Waals surface area contributed by atoms with Crippen LogP contribution in [-0.2, 0) is 23.4 Å². The van der Waals surface area contributed by atoms with Crippen LogP contribution in [0.5, 0.6) is 11.6 Å². The van der Waals surface area contributed by atoms with Gasteiger partial charge in [-0.3, -0.25) is 18.9 Å². The highest BCUT2D eigenvalue weighted by Crippen LogP contribution is 2.58. The van der Waals surface area contributed by atoms with Gasteiger partial charge in [-0.05, 0) is 49.9 Å². The van der Waals surface area contributed by atoms with Gasteiger partial charge in [0.15, 0.2) is 23.6 Å². The minimum atomic E-state index is -4.58. The summed E-state index contributed by atoms with van der Waals surface area (Å²) < 4.78 is 46.4. The molecule has 2 saturated heterocycles. The van der Waals surface area contributed by atoms with Crippen LogP contribution in [0.1, 0.15) is 32.4 Å². The number of nitrogens with two attached hydrogens (primary N) is 1. The molecule has 2 aliphatic rings. The molecular weight excluding hydrogens is 637 g/mol.